The van der Waals surface area contributed by atoms with E-state index in [2.05, 4.69) is 10.1 Å². The lowest BCUT2D eigenvalue weighted by Gasteiger charge is -2.07. The normalized spacial score (nSPS) is 11.0. The molecule has 0 atom stereocenters. The van der Waals surface area contributed by atoms with Crippen molar-refractivity contribution in [3.63, 3.8) is 0 Å². The van der Waals surface area contributed by atoms with Crippen LogP contribution in [0, 0.1) is 12.7 Å². The van der Waals surface area contributed by atoms with Crippen LogP contribution >= 0.6 is 0 Å². The topological polar surface area (TPSA) is 39.4 Å². The Bertz CT molecular complexity index is 1050. The number of hydrogen-bond donors (Lipinski definition) is 0. The third kappa shape index (κ3) is 2.63. The molecule has 0 bridgehead atoms. The Labute approximate surface area is 144 Å². The van der Waals surface area contributed by atoms with Gasteiger partial charge in [-0.15, -0.1) is 0 Å². The summed E-state index contributed by atoms with van der Waals surface area (Å²) < 4.78 is 20.4. The molecule has 0 saturated heterocycles. The van der Waals surface area contributed by atoms with E-state index in [1.54, 1.807) is 25.4 Å². The molecule has 0 unspecified atom stereocenters. The summed E-state index contributed by atoms with van der Waals surface area (Å²) >= 11 is 0. The Balaban J connectivity index is 1.94. The SMILES string of the molecule is COc1cccc(-c2ccnc3c(-c4ccc(F)cc4)c(C)nn23)c1. The fourth-order valence-electron chi connectivity index (χ4n) is 3.01. The van der Waals surface area contributed by atoms with Crippen LogP contribution in [0.15, 0.2) is 60.8 Å². The quantitative estimate of drug-likeness (QED) is 0.553. The van der Waals surface area contributed by atoms with Gasteiger partial charge >= 0.3 is 0 Å². The van der Waals surface area contributed by atoms with Crippen LogP contribution in [0.25, 0.3) is 28.0 Å². The fourth-order valence-corrected chi connectivity index (χ4v) is 3.01. The van der Waals surface area contributed by atoms with Gasteiger partial charge in [-0.3, -0.25) is 0 Å². The van der Waals surface area contributed by atoms with Crippen molar-refractivity contribution in [1.29, 1.82) is 0 Å². The van der Waals surface area contributed by atoms with Crippen molar-refractivity contribution in [2.75, 3.05) is 7.11 Å². The number of halogens is 1. The molecule has 4 rings (SSSR count). The lowest BCUT2D eigenvalue weighted by molar-refractivity contribution is 0.415. The smallest absolute Gasteiger partial charge is 0.163 e. The maximum atomic E-state index is 13.3. The van der Waals surface area contributed by atoms with E-state index in [0.29, 0.717) is 0 Å². The largest absolute Gasteiger partial charge is 0.497 e. The Morgan fingerprint density at radius 2 is 1.80 bits per heavy atom. The van der Waals surface area contributed by atoms with Crippen molar-refractivity contribution in [3.8, 4) is 28.1 Å². The van der Waals surface area contributed by atoms with Crippen LogP contribution in [0.5, 0.6) is 5.75 Å². The molecule has 0 fully saturated rings. The highest BCUT2D eigenvalue weighted by Crippen LogP contribution is 2.31. The Kier molecular flexibility index (Phi) is 3.69. The van der Waals surface area contributed by atoms with E-state index in [9.17, 15) is 4.39 Å². The first-order valence-electron chi connectivity index (χ1n) is 7.92. The van der Waals surface area contributed by atoms with Gasteiger partial charge in [-0.1, -0.05) is 24.3 Å². The first-order chi connectivity index (χ1) is 12.2. The van der Waals surface area contributed by atoms with Gasteiger partial charge in [0.1, 0.15) is 11.6 Å². The first-order valence-corrected chi connectivity index (χ1v) is 7.92. The van der Waals surface area contributed by atoms with Gasteiger partial charge in [0.05, 0.1) is 18.5 Å². The zero-order chi connectivity index (χ0) is 17.4. The van der Waals surface area contributed by atoms with Crippen molar-refractivity contribution in [1.82, 2.24) is 14.6 Å². The molecule has 0 radical (unpaired) electrons. The molecule has 0 aliphatic rings. The molecule has 2 aromatic carbocycles. The van der Waals surface area contributed by atoms with Gasteiger partial charge in [0.15, 0.2) is 5.65 Å². The first kappa shape index (κ1) is 15.3. The van der Waals surface area contributed by atoms with Crippen LogP contribution in [-0.4, -0.2) is 21.7 Å². The molecule has 4 aromatic rings. The van der Waals surface area contributed by atoms with Crippen molar-refractivity contribution < 1.29 is 9.13 Å². The Hall–Kier alpha value is -3.21. The van der Waals surface area contributed by atoms with Crippen molar-refractivity contribution in [2.24, 2.45) is 0 Å². The van der Waals surface area contributed by atoms with Gasteiger partial charge in [0.2, 0.25) is 0 Å². The highest BCUT2D eigenvalue weighted by molar-refractivity contribution is 5.81. The summed E-state index contributed by atoms with van der Waals surface area (Å²) in [5.41, 5.74) is 5.29. The van der Waals surface area contributed by atoms with E-state index < -0.39 is 0 Å². The molecular weight excluding hydrogens is 317 g/mol. The van der Waals surface area contributed by atoms with Crippen LogP contribution in [0.4, 0.5) is 4.39 Å². The van der Waals surface area contributed by atoms with Crippen molar-refractivity contribution >= 4 is 5.65 Å². The van der Waals surface area contributed by atoms with Crippen LogP contribution in [-0.2, 0) is 0 Å². The molecule has 4 nitrogen and oxygen atoms in total. The van der Waals surface area contributed by atoms with E-state index in [-0.39, 0.29) is 5.82 Å². The number of aromatic nitrogens is 3. The Morgan fingerprint density at radius 1 is 1.00 bits per heavy atom. The summed E-state index contributed by atoms with van der Waals surface area (Å²) in [6.07, 6.45) is 1.76. The summed E-state index contributed by atoms with van der Waals surface area (Å²) in [7, 11) is 1.64. The fraction of sp³-hybridized carbons (Fsp3) is 0.100. The van der Waals surface area contributed by atoms with Crippen molar-refractivity contribution in [2.45, 2.75) is 6.92 Å². The monoisotopic (exact) mass is 333 g/mol. The number of rotatable bonds is 3. The summed E-state index contributed by atoms with van der Waals surface area (Å²) in [5, 5.41) is 4.66. The average Bonchev–Trinajstić information content (AvgIpc) is 2.98. The number of ether oxygens (including phenoxy) is 1. The summed E-state index contributed by atoms with van der Waals surface area (Å²) in [6.45, 7) is 1.93. The number of benzene rings is 2. The Morgan fingerprint density at radius 3 is 2.56 bits per heavy atom. The number of methoxy groups -OCH3 is 1. The van der Waals surface area contributed by atoms with Gasteiger partial charge in [-0.25, -0.2) is 13.9 Å². The molecule has 0 aliphatic heterocycles. The maximum Gasteiger partial charge on any atom is 0.163 e. The van der Waals surface area contributed by atoms with Crippen LogP contribution in [0.3, 0.4) is 0 Å². The van der Waals surface area contributed by atoms with E-state index in [0.717, 1.165) is 39.5 Å². The van der Waals surface area contributed by atoms with Gasteiger partial charge in [-0.2, -0.15) is 5.10 Å². The van der Waals surface area contributed by atoms with E-state index in [4.69, 9.17) is 4.74 Å². The molecule has 0 aliphatic carbocycles. The molecule has 0 spiro atoms. The summed E-state index contributed by atoms with van der Waals surface area (Å²) in [6, 6.07) is 16.1. The van der Waals surface area contributed by atoms with Gasteiger partial charge in [-0.05, 0) is 42.8 Å². The molecule has 2 aromatic heterocycles. The van der Waals surface area contributed by atoms with Crippen molar-refractivity contribution in [3.05, 3.63) is 72.3 Å². The van der Waals surface area contributed by atoms with E-state index in [1.165, 1.54) is 12.1 Å². The lowest BCUT2D eigenvalue weighted by Crippen LogP contribution is -1.96. The second-order valence-corrected chi connectivity index (χ2v) is 5.76. The second-order valence-electron chi connectivity index (χ2n) is 5.76. The zero-order valence-electron chi connectivity index (χ0n) is 13.9. The molecule has 5 heteroatoms. The predicted molar refractivity (Wildman–Crippen MR) is 95.1 cm³/mol. The minimum atomic E-state index is -0.261. The van der Waals surface area contributed by atoms with E-state index in [1.807, 2.05) is 41.8 Å². The molecular formula is C20H16FN3O. The zero-order valence-corrected chi connectivity index (χ0v) is 13.9. The number of aryl methyl sites for hydroxylation is 1. The standard InChI is InChI=1S/C20H16FN3O/c1-13-19(14-6-8-16(21)9-7-14)20-22-11-10-18(24(20)23-13)15-4-3-5-17(12-15)25-2/h3-12H,1-2H3. The number of hydrogen-bond acceptors (Lipinski definition) is 3. The predicted octanol–water partition coefficient (Wildman–Crippen LogP) is 4.52. The maximum absolute atomic E-state index is 13.3. The highest BCUT2D eigenvalue weighted by Gasteiger charge is 2.16. The van der Waals surface area contributed by atoms with Gasteiger partial charge < -0.3 is 4.74 Å². The molecule has 124 valence electrons. The molecule has 25 heavy (non-hydrogen) atoms. The molecule has 0 amide bonds. The van der Waals surface area contributed by atoms with Crippen LogP contribution in [0.1, 0.15) is 5.69 Å². The van der Waals surface area contributed by atoms with Gasteiger partial charge in [0.25, 0.3) is 0 Å². The number of nitrogens with zero attached hydrogens (tertiary/aromatic N) is 3. The third-order valence-electron chi connectivity index (χ3n) is 4.19. The lowest BCUT2D eigenvalue weighted by atomic mass is 10.1. The van der Waals surface area contributed by atoms with E-state index >= 15 is 0 Å². The molecule has 0 saturated carbocycles. The highest BCUT2D eigenvalue weighted by atomic mass is 19.1. The summed E-state index contributed by atoms with van der Waals surface area (Å²) in [5.74, 6) is 0.521. The minimum Gasteiger partial charge on any atom is -0.497 e. The minimum absolute atomic E-state index is 0.261. The number of fused-ring (bicyclic) bond motifs is 1. The van der Waals surface area contributed by atoms with Gasteiger partial charge in [0, 0.05) is 17.3 Å². The van der Waals surface area contributed by atoms with Crippen LogP contribution < -0.4 is 4.74 Å². The van der Waals surface area contributed by atoms with Crippen LogP contribution in [0.2, 0.25) is 0 Å². The molecule has 0 N–H and O–H groups in total. The third-order valence-corrected chi connectivity index (χ3v) is 4.19. The summed E-state index contributed by atoms with van der Waals surface area (Å²) in [4.78, 5) is 4.51. The molecule has 2 heterocycles. The second kappa shape index (κ2) is 6.02. The average molecular weight is 333 g/mol.